The molecule has 0 nitrogen and oxygen atoms in total. The van der Waals surface area contributed by atoms with Crippen molar-refractivity contribution in [1.82, 2.24) is 0 Å². The Morgan fingerprint density at radius 1 is 0.966 bits per heavy atom. The lowest BCUT2D eigenvalue weighted by Gasteiger charge is -2.27. The molecule has 0 radical (unpaired) electrons. The van der Waals surface area contributed by atoms with Gasteiger partial charge >= 0.3 is 0 Å². The average Bonchev–Trinajstić information content (AvgIpc) is 3.15. The molecule has 152 valence electrons. The molecule has 1 aliphatic carbocycles. The minimum atomic E-state index is -0.947. The molecule has 2 aromatic carbocycles. The fraction of sp³-hybridized carbons (Fsp3) is 0.360. The van der Waals surface area contributed by atoms with E-state index in [2.05, 4.69) is 13.5 Å². The number of hydrogen-bond donors (Lipinski definition) is 0. The fourth-order valence-electron chi connectivity index (χ4n) is 4.45. The van der Waals surface area contributed by atoms with Crippen LogP contribution in [0.15, 0.2) is 43.0 Å². The zero-order chi connectivity index (χ0) is 20.5. The highest BCUT2D eigenvalue weighted by Crippen LogP contribution is 2.40. The quantitative estimate of drug-likeness (QED) is 0.368. The van der Waals surface area contributed by atoms with Crippen molar-refractivity contribution in [3.63, 3.8) is 0 Å². The van der Waals surface area contributed by atoms with Crippen LogP contribution >= 0.6 is 11.3 Å². The van der Waals surface area contributed by atoms with Crippen LogP contribution in [0.1, 0.15) is 55.4 Å². The third-order valence-corrected chi connectivity index (χ3v) is 7.32. The first-order valence-electron chi connectivity index (χ1n) is 10.3. The molecule has 1 aliphatic rings. The van der Waals surface area contributed by atoms with Crippen LogP contribution in [0.3, 0.4) is 0 Å². The summed E-state index contributed by atoms with van der Waals surface area (Å²) in [5.74, 6) is -1.77. The maximum atomic E-state index is 15.2. The Hall–Kier alpha value is -2.07. The van der Waals surface area contributed by atoms with E-state index >= 15 is 4.39 Å². The highest BCUT2D eigenvalue weighted by molar-refractivity contribution is 7.19. The summed E-state index contributed by atoms with van der Waals surface area (Å²) in [6, 6.07) is 8.53. The Morgan fingerprint density at radius 3 is 2.34 bits per heavy atom. The molecule has 0 unspecified atom stereocenters. The fourth-order valence-corrected chi connectivity index (χ4v) is 5.65. The van der Waals surface area contributed by atoms with Crippen LogP contribution < -0.4 is 0 Å². The van der Waals surface area contributed by atoms with E-state index < -0.39 is 17.5 Å². The van der Waals surface area contributed by atoms with Gasteiger partial charge < -0.3 is 0 Å². The number of rotatable bonds is 5. The first-order chi connectivity index (χ1) is 14.0. The molecule has 4 heteroatoms. The van der Waals surface area contributed by atoms with E-state index in [1.807, 2.05) is 12.1 Å². The second kappa shape index (κ2) is 8.35. The van der Waals surface area contributed by atoms with Gasteiger partial charge in [-0.25, -0.2) is 13.2 Å². The summed E-state index contributed by atoms with van der Waals surface area (Å²) < 4.78 is 45.6. The monoisotopic (exact) mass is 414 g/mol. The number of allylic oxidation sites excluding steroid dienone is 1. The van der Waals surface area contributed by atoms with Crippen molar-refractivity contribution in [2.24, 2.45) is 5.92 Å². The van der Waals surface area contributed by atoms with Crippen LogP contribution in [0, 0.1) is 23.4 Å². The maximum absolute atomic E-state index is 15.2. The topological polar surface area (TPSA) is 0 Å². The molecule has 0 aliphatic heterocycles. The van der Waals surface area contributed by atoms with Crippen LogP contribution in [-0.4, -0.2) is 0 Å². The molecule has 1 heterocycles. The van der Waals surface area contributed by atoms with Gasteiger partial charge in [0.15, 0.2) is 11.6 Å². The summed E-state index contributed by atoms with van der Waals surface area (Å²) in [4.78, 5) is 1.11. The molecule has 0 atom stereocenters. The van der Waals surface area contributed by atoms with E-state index in [9.17, 15) is 8.78 Å². The Bertz CT molecular complexity index is 1040. The number of hydrogen-bond acceptors (Lipinski definition) is 1. The van der Waals surface area contributed by atoms with Gasteiger partial charge in [0.25, 0.3) is 0 Å². The molecule has 0 N–H and O–H groups in total. The van der Waals surface area contributed by atoms with Crippen LogP contribution in [0.25, 0.3) is 21.2 Å². The summed E-state index contributed by atoms with van der Waals surface area (Å²) >= 11 is 1.40. The van der Waals surface area contributed by atoms with Crippen molar-refractivity contribution >= 4 is 21.4 Å². The SMILES string of the molecule is C=CC1CCC(c2ccc(-c3ccc4cc(CCC)sc4c3F)c(F)c2F)CC1. The Balaban J connectivity index is 1.70. The molecule has 1 saturated carbocycles. The van der Waals surface area contributed by atoms with Crippen molar-refractivity contribution in [3.8, 4) is 11.1 Å². The number of benzene rings is 2. The van der Waals surface area contributed by atoms with Gasteiger partial charge in [0, 0.05) is 16.0 Å². The number of fused-ring (bicyclic) bond motifs is 1. The van der Waals surface area contributed by atoms with Crippen molar-refractivity contribution in [2.45, 2.75) is 51.4 Å². The first-order valence-corrected chi connectivity index (χ1v) is 11.2. The van der Waals surface area contributed by atoms with Crippen molar-refractivity contribution in [2.75, 3.05) is 0 Å². The number of aryl methyl sites for hydroxylation is 1. The lowest BCUT2D eigenvalue weighted by molar-refractivity contribution is 0.364. The maximum Gasteiger partial charge on any atom is 0.167 e. The smallest absolute Gasteiger partial charge is 0.167 e. The molecule has 3 aromatic rings. The molecule has 0 amide bonds. The highest BCUT2D eigenvalue weighted by atomic mass is 32.1. The lowest BCUT2D eigenvalue weighted by Crippen LogP contribution is -2.13. The Kier molecular flexibility index (Phi) is 5.82. The molecule has 29 heavy (non-hydrogen) atoms. The van der Waals surface area contributed by atoms with E-state index in [1.54, 1.807) is 18.2 Å². The second-order valence-corrected chi connectivity index (χ2v) is 9.12. The molecular weight excluding hydrogens is 389 g/mol. The second-order valence-electron chi connectivity index (χ2n) is 7.99. The van der Waals surface area contributed by atoms with Gasteiger partial charge in [-0.05, 0) is 61.0 Å². The molecule has 0 spiro atoms. The summed E-state index contributed by atoms with van der Waals surface area (Å²) in [5, 5.41) is 0.816. The molecule has 0 bridgehead atoms. The average molecular weight is 415 g/mol. The van der Waals surface area contributed by atoms with Gasteiger partial charge in [-0.1, -0.05) is 43.7 Å². The standard InChI is InChI=1S/C25H25F3S/c1-3-5-18-14-17-10-11-21(24(28)25(17)29-18)20-13-12-19(22(26)23(20)27)16-8-6-15(4-2)7-9-16/h4,10-16H,2-3,5-9H2,1H3. The Morgan fingerprint density at radius 2 is 1.66 bits per heavy atom. The van der Waals surface area contributed by atoms with Crippen LogP contribution in [0.2, 0.25) is 0 Å². The third kappa shape index (κ3) is 3.75. The highest BCUT2D eigenvalue weighted by Gasteiger charge is 2.26. The van der Waals surface area contributed by atoms with E-state index in [0.29, 0.717) is 16.2 Å². The van der Waals surface area contributed by atoms with Gasteiger partial charge in [-0.2, -0.15) is 0 Å². The minimum absolute atomic E-state index is 0.00382. The van der Waals surface area contributed by atoms with E-state index in [0.717, 1.165) is 48.8 Å². The molecule has 1 aromatic heterocycles. The molecular formula is C25H25F3S. The van der Waals surface area contributed by atoms with Crippen molar-refractivity contribution in [1.29, 1.82) is 0 Å². The first kappa shape index (κ1) is 20.2. The predicted octanol–water partition coefficient (Wildman–Crippen LogP) is 8.40. The van der Waals surface area contributed by atoms with E-state index in [4.69, 9.17) is 0 Å². The van der Waals surface area contributed by atoms with E-state index in [1.165, 1.54) is 17.4 Å². The Labute approximate surface area is 174 Å². The predicted molar refractivity (Wildman–Crippen MR) is 116 cm³/mol. The van der Waals surface area contributed by atoms with Crippen LogP contribution in [0.5, 0.6) is 0 Å². The third-order valence-electron chi connectivity index (χ3n) is 6.12. The summed E-state index contributed by atoms with van der Waals surface area (Å²) in [5.41, 5.74) is 0.535. The van der Waals surface area contributed by atoms with Gasteiger partial charge in [0.2, 0.25) is 0 Å². The summed E-state index contributed by atoms with van der Waals surface area (Å²) in [6.45, 7) is 5.91. The summed E-state index contributed by atoms with van der Waals surface area (Å²) in [7, 11) is 0. The van der Waals surface area contributed by atoms with E-state index in [-0.39, 0.29) is 17.0 Å². The summed E-state index contributed by atoms with van der Waals surface area (Å²) in [6.07, 6.45) is 7.36. The van der Waals surface area contributed by atoms with Crippen molar-refractivity contribution < 1.29 is 13.2 Å². The largest absolute Gasteiger partial charge is 0.205 e. The molecule has 0 saturated heterocycles. The number of halogens is 3. The normalized spacial score (nSPS) is 19.6. The molecule has 1 fully saturated rings. The zero-order valence-electron chi connectivity index (χ0n) is 16.6. The van der Waals surface area contributed by atoms with Gasteiger partial charge in [0.05, 0.1) is 4.70 Å². The van der Waals surface area contributed by atoms with Gasteiger partial charge in [-0.3, -0.25) is 0 Å². The van der Waals surface area contributed by atoms with Gasteiger partial charge in [0.1, 0.15) is 5.82 Å². The zero-order valence-corrected chi connectivity index (χ0v) is 17.4. The van der Waals surface area contributed by atoms with Gasteiger partial charge in [-0.15, -0.1) is 17.9 Å². The minimum Gasteiger partial charge on any atom is -0.205 e. The lowest BCUT2D eigenvalue weighted by atomic mass is 9.78. The van der Waals surface area contributed by atoms with Crippen molar-refractivity contribution in [3.05, 3.63) is 70.9 Å². The molecule has 4 rings (SSSR count). The van der Waals surface area contributed by atoms with Crippen LogP contribution in [-0.2, 0) is 6.42 Å². The van der Waals surface area contributed by atoms with Crippen LogP contribution in [0.4, 0.5) is 13.2 Å². The number of thiophene rings is 1.